The van der Waals surface area contributed by atoms with Gasteiger partial charge in [-0.05, 0) is 18.1 Å². The van der Waals surface area contributed by atoms with E-state index in [0.29, 0.717) is 5.95 Å². The largest absolute Gasteiger partial charge is 0.357 e. The number of aromatic nitrogens is 2. The minimum Gasteiger partial charge on any atom is -0.357 e. The first-order valence-corrected chi connectivity index (χ1v) is 6.11. The van der Waals surface area contributed by atoms with Crippen LogP contribution in [0.1, 0.15) is 16.8 Å². The smallest absolute Gasteiger partial charge is 0.224 e. The molecule has 1 aliphatic rings. The van der Waals surface area contributed by atoms with Crippen LogP contribution in [0, 0.1) is 6.92 Å². The van der Waals surface area contributed by atoms with Gasteiger partial charge in [0.2, 0.25) is 5.95 Å². The van der Waals surface area contributed by atoms with Gasteiger partial charge in [-0.1, -0.05) is 24.3 Å². The van der Waals surface area contributed by atoms with Crippen LogP contribution in [0.15, 0.2) is 30.3 Å². The fraction of sp³-hybridized carbons (Fsp3) is 0.286. The van der Waals surface area contributed by atoms with Crippen LogP contribution in [-0.2, 0) is 13.1 Å². The Labute approximate surface area is 107 Å². The lowest BCUT2D eigenvalue weighted by molar-refractivity contribution is 0.849. The summed E-state index contributed by atoms with van der Waals surface area (Å²) in [6.07, 6.45) is 0. The number of nitrogens with one attached hydrogen (secondary N) is 1. The highest BCUT2D eigenvalue weighted by Gasteiger charge is 2.20. The van der Waals surface area contributed by atoms with Gasteiger partial charge < -0.3 is 10.2 Å². The summed E-state index contributed by atoms with van der Waals surface area (Å²) in [4.78, 5) is 11.1. The lowest BCUT2D eigenvalue weighted by Gasteiger charge is -2.17. The Morgan fingerprint density at radius 2 is 1.78 bits per heavy atom. The highest BCUT2D eigenvalue weighted by Crippen LogP contribution is 2.27. The molecule has 0 spiro atoms. The van der Waals surface area contributed by atoms with E-state index in [1.165, 1.54) is 11.1 Å². The molecule has 1 aromatic carbocycles. The van der Waals surface area contributed by atoms with Crippen LogP contribution < -0.4 is 10.2 Å². The van der Waals surface area contributed by atoms with Crippen LogP contribution in [0.2, 0.25) is 0 Å². The van der Waals surface area contributed by atoms with Crippen LogP contribution in [-0.4, -0.2) is 17.0 Å². The third kappa shape index (κ3) is 1.90. The Balaban J connectivity index is 1.92. The average molecular weight is 240 g/mol. The molecular weight excluding hydrogens is 224 g/mol. The highest BCUT2D eigenvalue weighted by molar-refractivity contribution is 5.50. The maximum absolute atomic E-state index is 4.52. The van der Waals surface area contributed by atoms with Crippen LogP contribution in [0.25, 0.3) is 0 Å². The molecule has 92 valence electrons. The summed E-state index contributed by atoms with van der Waals surface area (Å²) >= 11 is 0. The van der Waals surface area contributed by atoms with Crippen molar-refractivity contribution in [3.63, 3.8) is 0 Å². The van der Waals surface area contributed by atoms with Gasteiger partial charge >= 0.3 is 0 Å². The number of nitrogens with zero attached hydrogens (tertiary/aromatic N) is 3. The van der Waals surface area contributed by atoms with Gasteiger partial charge in [-0.2, -0.15) is 4.98 Å². The molecule has 0 amide bonds. The van der Waals surface area contributed by atoms with Crippen molar-refractivity contribution in [2.75, 3.05) is 17.3 Å². The molecule has 0 radical (unpaired) electrons. The molecular formula is C14H16N4. The Kier molecular flexibility index (Phi) is 2.63. The molecule has 1 aromatic heterocycles. The van der Waals surface area contributed by atoms with Crippen molar-refractivity contribution in [1.29, 1.82) is 0 Å². The zero-order valence-electron chi connectivity index (χ0n) is 10.6. The summed E-state index contributed by atoms with van der Waals surface area (Å²) in [7, 11) is 1.84. The van der Waals surface area contributed by atoms with Gasteiger partial charge in [0, 0.05) is 31.9 Å². The molecule has 0 aliphatic carbocycles. The topological polar surface area (TPSA) is 41.1 Å². The molecule has 18 heavy (non-hydrogen) atoms. The molecule has 0 saturated heterocycles. The quantitative estimate of drug-likeness (QED) is 0.874. The van der Waals surface area contributed by atoms with Crippen LogP contribution in [0.4, 0.5) is 11.8 Å². The average Bonchev–Trinajstić information content (AvgIpc) is 2.81. The number of anilines is 2. The van der Waals surface area contributed by atoms with Crippen molar-refractivity contribution in [2.45, 2.75) is 20.0 Å². The van der Waals surface area contributed by atoms with Gasteiger partial charge in [0.1, 0.15) is 5.82 Å². The lowest BCUT2D eigenvalue weighted by Crippen LogP contribution is -2.17. The Hall–Kier alpha value is -2.10. The van der Waals surface area contributed by atoms with E-state index in [2.05, 4.69) is 44.5 Å². The van der Waals surface area contributed by atoms with Gasteiger partial charge in [-0.25, -0.2) is 4.98 Å². The molecule has 0 bridgehead atoms. The zero-order chi connectivity index (χ0) is 12.5. The predicted molar refractivity (Wildman–Crippen MR) is 72.6 cm³/mol. The summed E-state index contributed by atoms with van der Waals surface area (Å²) in [5.74, 6) is 1.67. The number of hydrogen-bond acceptors (Lipinski definition) is 4. The summed E-state index contributed by atoms with van der Waals surface area (Å²) in [5, 5.41) is 3.00. The normalized spacial score (nSPS) is 13.6. The minimum atomic E-state index is 0.681. The lowest BCUT2D eigenvalue weighted by atomic mass is 10.1. The Bertz CT molecular complexity index is 555. The van der Waals surface area contributed by atoms with E-state index in [9.17, 15) is 0 Å². The highest BCUT2D eigenvalue weighted by atomic mass is 15.2. The number of benzene rings is 1. The summed E-state index contributed by atoms with van der Waals surface area (Å²) in [5.41, 5.74) is 3.76. The minimum absolute atomic E-state index is 0.681. The fourth-order valence-corrected chi connectivity index (χ4v) is 2.32. The van der Waals surface area contributed by atoms with E-state index in [0.717, 1.165) is 24.6 Å². The van der Waals surface area contributed by atoms with Crippen molar-refractivity contribution in [3.05, 3.63) is 47.2 Å². The second-order valence-electron chi connectivity index (χ2n) is 4.57. The van der Waals surface area contributed by atoms with Gasteiger partial charge in [0.05, 0.1) is 0 Å². The van der Waals surface area contributed by atoms with Gasteiger partial charge in [-0.15, -0.1) is 0 Å². The third-order valence-electron chi connectivity index (χ3n) is 3.23. The maximum atomic E-state index is 4.52. The molecule has 0 unspecified atom stereocenters. The summed E-state index contributed by atoms with van der Waals surface area (Å²) < 4.78 is 0. The number of aryl methyl sites for hydroxylation is 1. The van der Waals surface area contributed by atoms with Gasteiger partial charge in [-0.3, -0.25) is 0 Å². The maximum Gasteiger partial charge on any atom is 0.224 e. The summed E-state index contributed by atoms with van der Waals surface area (Å²) in [6.45, 7) is 3.85. The first-order chi connectivity index (χ1) is 8.76. The first-order valence-electron chi connectivity index (χ1n) is 6.11. The molecule has 1 N–H and O–H groups in total. The molecule has 0 saturated carbocycles. The molecule has 3 rings (SSSR count). The van der Waals surface area contributed by atoms with E-state index >= 15 is 0 Å². The monoisotopic (exact) mass is 240 g/mol. The third-order valence-corrected chi connectivity index (χ3v) is 3.23. The van der Waals surface area contributed by atoms with Crippen molar-refractivity contribution < 1.29 is 0 Å². The zero-order valence-corrected chi connectivity index (χ0v) is 10.6. The van der Waals surface area contributed by atoms with Gasteiger partial charge in [0.15, 0.2) is 0 Å². The molecule has 2 aromatic rings. The Morgan fingerprint density at radius 3 is 2.39 bits per heavy atom. The number of hydrogen-bond donors (Lipinski definition) is 1. The second-order valence-corrected chi connectivity index (χ2v) is 4.57. The van der Waals surface area contributed by atoms with Crippen molar-refractivity contribution >= 4 is 11.8 Å². The number of fused-ring (bicyclic) bond motifs is 1. The fourth-order valence-electron chi connectivity index (χ4n) is 2.32. The van der Waals surface area contributed by atoms with Crippen molar-refractivity contribution in [1.82, 2.24) is 9.97 Å². The number of rotatable bonds is 2. The van der Waals surface area contributed by atoms with E-state index in [4.69, 9.17) is 0 Å². The molecule has 2 heterocycles. The van der Waals surface area contributed by atoms with Crippen LogP contribution in [0.3, 0.4) is 0 Å². The standard InChI is InChI=1S/C14H16N4/c1-10-7-13(17-14(15-2)16-10)18-8-11-5-3-4-6-12(11)9-18/h3-7H,8-9H2,1-2H3,(H,15,16,17). The predicted octanol–water partition coefficient (Wildman–Crippen LogP) is 2.35. The summed E-state index contributed by atoms with van der Waals surface area (Å²) in [6, 6.07) is 10.6. The van der Waals surface area contributed by atoms with Crippen LogP contribution >= 0.6 is 0 Å². The molecule has 1 aliphatic heterocycles. The van der Waals surface area contributed by atoms with E-state index in [1.54, 1.807) is 0 Å². The SMILES string of the molecule is CNc1nc(C)cc(N2Cc3ccccc3C2)n1. The van der Waals surface area contributed by atoms with Crippen molar-refractivity contribution in [3.8, 4) is 0 Å². The van der Waals surface area contributed by atoms with Crippen LogP contribution in [0.5, 0.6) is 0 Å². The van der Waals surface area contributed by atoms with E-state index < -0.39 is 0 Å². The second kappa shape index (κ2) is 4.29. The molecule has 4 nitrogen and oxygen atoms in total. The molecule has 4 heteroatoms. The molecule has 0 fully saturated rings. The van der Waals surface area contributed by atoms with Crippen molar-refractivity contribution in [2.24, 2.45) is 0 Å². The van der Waals surface area contributed by atoms with E-state index in [-0.39, 0.29) is 0 Å². The Morgan fingerprint density at radius 1 is 1.11 bits per heavy atom. The first kappa shape index (κ1) is 11.0. The molecule has 0 atom stereocenters. The van der Waals surface area contributed by atoms with Gasteiger partial charge in [0.25, 0.3) is 0 Å². The van der Waals surface area contributed by atoms with E-state index in [1.807, 2.05) is 20.0 Å².